The zero-order valence-corrected chi connectivity index (χ0v) is 14.9. The molecule has 1 atom stereocenters. The first kappa shape index (κ1) is 17.7. The van der Waals surface area contributed by atoms with Gasteiger partial charge in [-0.15, -0.1) is 11.3 Å². The van der Waals surface area contributed by atoms with Crippen LogP contribution in [0.5, 0.6) is 5.75 Å². The second-order valence-electron chi connectivity index (χ2n) is 5.61. The van der Waals surface area contributed by atoms with Crippen molar-refractivity contribution in [3.05, 3.63) is 28.6 Å². The van der Waals surface area contributed by atoms with Crippen LogP contribution in [0.4, 0.5) is 5.13 Å². The van der Waals surface area contributed by atoms with E-state index in [9.17, 15) is 4.79 Å². The van der Waals surface area contributed by atoms with Crippen molar-refractivity contribution >= 4 is 34.0 Å². The summed E-state index contributed by atoms with van der Waals surface area (Å²) in [5.74, 6) is 0.759. The van der Waals surface area contributed by atoms with E-state index in [1.54, 1.807) is 19.2 Å². The van der Waals surface area contributed by atoms with Crippen LogP contribution in [0.1, 0.15) is 20.3 Å². The maximum atomic E-state index is 12.0. The monoisotopic (exact) mass is 353 g/mol. The van der Waals surface area contributed by atoms with E-state index in [4.69, 9.17) is 22.1 Å². The lowest BCUT2D eigenvalue weighted by molar-refractivity contribution is -0.117. The van der Waals surface area contributed by atoms with Gasteiger partial charge in [0.05, 0.1) is 23.9 Å². The van der Waals surface area contributed by atoms with Crippen molar-refractivity contribution in [2.24, 2.45) is 11.7 Å². The number of rotatable bonds is 6. The van der Waals surface area contributed by atoms with Crippen LogP contribution in [0.25, 0.3) is 11.3 Å². The third kappa shape index (κ3) is 4.67. The first-order chi connectivity index (χ1) is 10.9. The number of nitrogens with two attached hydrogens (primary N) is 1. The zero-order valence-electron chi connectivity index (χ0n) is 13.3. The average molecular weight is 354 g/mol. The lowest BCUT2D eigenvalue weighted by Gasteiger charge is -2.12. The van der Waals surface area contributed by atoms with Crippen LogP contribution < -0.4 is 15.8 Å². The molecule has 23 heavy (non-hydrogen) atoms. The van der Waals surface area contributed by atoms with Crippen molar-refractivity contribution in [1.82, 2.24) is 4.98 Å². The molecule has 7 heteroatoms. The second kappa shape index (κ2) is 7.77. The molecule has 0 radical (unpaired) electrons. The molecule has 0 aliphatic rings. The predicted molar refractivity (Wildman–Crippen MR) is 95.2 cm³/mol. The molecular weight excluding hydrogens is 334 g/mol. The summed E-state index contributed by atoms with van der Waals surface area (Å²) < 4.78 is 5.13. The maximum Gasteiger partial charge on any atom is 0.243 e. The molecule has 0 bridgehead atoms. The van der Waals surface area contributed by atoms with Gasteiger partial charge in [0.25, 0.3) is 0 Å². The fraction of sp³-hybridized carbons (Fsp3) is 0.375. The van der Waals surface area contributed by atoms with Gasteiger partial charge in [-0.2, -0.15) is 0 Å². The number of nitrogens with one attached hydrogen (secondary N) is 1. The van der Waals surface area contributed by atoms with Crippen LogP contribution in [0, 0.1) is 5.92 Å². The Morgan fingerprint density at radius 2 is 2.22 bits per heavy atom. The largest absolute Gasteiger partial charge is 0.495 e. The number of ether oxygens (including phenoxy) is 1. The van der Waals surface area contributed by atoms with Crippen molar-refractivity contribution in [1.29, 1.82) is 0 Å². The Bertz CT molecular complexity index is 688. The van der Waals surface area contributed by atoms with E-state index in [0.717, 1.165) is 11.3 Å². The number of hydrogen-bond acceptors (Lipinski definition) is 5. The Balaban J connectivity index is 2.09. The lowest BCUT2D eigenvalue weighted by Crippen LogP contribution is -2.36. The molecule has 1 heterocycles. The van der Waals surface area contributed by atoms with Crippen molar-refractivity contribution in [3.63, 3.8) is 0 Å². The molecule has 0 unspecified atom stereocenters. The Morgan fingerprint density at radius 1 is 1.48 bits per heavy atom. The third-order valence-corrected chi connectivity index (χ3v) is 4.30. The lowest BCUT2D eigenvalue weighted by atomic mass is 10.0. The number of methoxy groups -OCH3 is 1. The summed E-state index contributed by atoms with van der Waals surface area (Å²) in [7, 11) is 1.57. The quantitative estimate of drug-likeness (QED) is 0.828. The maximum absolute atomic E-state index is 12.0. The van der Waals surface area contributed by atoms with Crippen molar-refractivity contribution < 1.29 is 9.53 Å². The van der Waals surface area contributed by atoms with E-state index < -0.39 is 6.04 Å². The molecule has 1 aromatic heterocycles. The summed E-state index contributed by atoms with van der Waals surface area (Å²) in [6.45, 7) is 4.06. The highest BCUT2D eigenvalue weighted by Gasteiger charge is 2.17. The summed E-state index contributed by atoms with van der Waals surface area (Å²) in [5.41, 5.74) is 7.47. The van der Waals surface area contributed by atoms with Gasteiger partial charge in [0, 0.05) is 10.9 Å². The summed E-state index contributed by atoms with van der Waals surface area (Å²) in [6.07, 6.45) is 0.637. The van der Waals surface area contributed by atoms with Crippen LogP contribution in [0.3, 0.4) is 0 Å². The highest BCUT2D eigenvalue weighted by Crippen LogP contribution is 2.31. The molecule has 0 fully saturated rings. The van der Waals surface area contributed by atoms with Gasteiger partial charge in [0.1, 0.15) is 5.75 Å². The van der Waals surface area contributed by atoms with Gasteiger partial charge in [0.15, 0.2) is 5.13 Å². The van der Waals surface area contributed by atoms with Gasteiger partial charge in [-0.25, -0.2) is 4.98 Å². The zero-order chi connectivity index (χ0) is 17.0. The number of aromatic nitrogens is 1. The van der Waals surface area contributed by atoms with Crippen LogP contribution in [-0.2, 0) is 4.79 Å². The number of nitrogens with zero attached hydrogens (tertiary/aromatic N) is 1. The number of carbonyl (C=O) groups excluding carboxylic acids is 1. The molecule has 0 aliphatic heterocycles. The molecule has 2 rings (SSSR count). The Hall–Kier alpha value is -1.63. The Morgan fingerprint density at radius 3 is 2.83 bits per heavy atom. The van der Waals surface area contributed by atoms with Gasteiger partial charge < -0.3 is 15.8 Å². The molecule has 5 nitrogen and oxygen atoms in total. The Labute approximate surface area is 144 Å². The van der Waals surface area contributed by atoms with E-state index in [0.29, 0.717) is 28.2 Å². The first-order valence-corrected chi connectivity index (χ1v) is 8.52. The fourth-order valence-corrected chi connectivity index (χ4v) is 3.08. The number of halogens is 1. The number of amides is 1. The highest BCUT2D eigenvalue weighted by molar-refractivity contribution is 7.14. The molecular formula is C16H20ClN3O2S. The van der Waals surface area contributed by atoms with Crippen LogP contribution in [0.15, 0.2) is 23.6 Å². The number of thiazole rings is 1. The minimum absolute atomic E-state index is 0.215. The SMILES string of the molecule is COc1ccc(-c2csc(NC(=O)[C@@H](N)CC(C)C)n2)cc1Cl. The van der Waals surface area contributed by atoms with Gasteiger partial charge in [0.2, 0.25) is 5.91 Å². The number of carbonyl (C=O) groups is 1. The molecule has 0 aliphatic carbocycles. The number of benzene rings is 1. The van der Waals surface area contributed by atoms with Gasteiger partial charge >= 0.3 is 0 Å². The van der Waals surface area contributed by atoms with Crippen molar-refractivity contribution in [2.45, 2.75) is 26.3 Å². The Kier molecular flexibility index (Phi) is 5.98. The predicted octanol–water partition coefficient (Wildman–Crippen LogP) is 3.78. The van der Waals surface area contributed by atoms with Gasteiger partial charge in [-0.3, -0.25) is 4.79 Å². The smallest absolute Gasteiger partial charge is 0.243 e. The number of hydrogen-bond donors (Lipinski definition) is 2. The number of anilines is 1. The van der Waals surface area contributed by atoms with Crippen molar-refractivity contribution in [3.8, 4) is 17.0 Å². The van der Waals surface area contributed by atoms with E-state index in [-0.39, 0.29) is 5.91 Å². The summed E-state index contributed by atoms with van der Waals surface area (Å²) in [5, 5.41) is 5.66. The minimum atomic E-state index is -0.530. The van der Waals surface area contributed by atoms with Crippen molar-refractivity contribution in [2.75, 3.05) is 12.4 Å². The summed E-state index contributed by atoms with van der Waals surface area (Å²) in [6, 6.07) is 4.91. The molecule has 1 aromatic carbocycles. The van der Waals surface area contributed by atoms with E-state index >= 15 is 0 Å². The topological polar surface area (TPSA) is 77.2 Å². The molecule has 124 valence electrons. The molecule has 0 saturated carbocycles. The molecule has 1 amide bonds. The standard InChI is InChI=1S/C16H20ClN3O2S/c1-9(2)6-12(18)15(21)20-16-19-13(8-23-16)10-4-5-14(22-3)11(17)7-10/h4-5,7-9,12H,6,18H2,1-3H3,(H,19,20,21)/t12-/m0/s1. The van der Waals surface area contributed by atoms with E-state index in [2.05, 4.69) is 10.3 Å². The van der Waals surface area contributed by atoms with Crippen LogP contribution in [0.2, 0.25) is 5.02 Å². The van der Waals surface area contributed by atoms with Gasteiger partial charge in [-0.1, -0.05) is 25.4 Å². The summed E-state index contributed by atoms with van der Waals surface area (Å²) in [4.78, 5) is 16.4. The normalized spacial score (nSPS) is 12.3. The molecule has 0 spiro atoms. The molecule has 2 aromatic rings. The fourth-order valence-electron chi connectivity index (χ4n) is 2.10. The molecule has 3 N–H and O–H groups in total. The van der Waals surface area contributed by atoms with Crippen LogP contribution >= 0.6 is 22.9 Å². The highest BCUT2D eigenvalue weighted by atomic mass is 35.5. The summed E-state index contributed by atoms with van der Waals surface area (Å²) >= 11 is 7.48. The second-order valence-corrected chi connectivity index (χ2v) is 6.88. The third-order valence-electron chi connectivity index (χ3n) is 3.24. The van der Waals surface area contributed by atoms with E-state index in [1.165, 1.54) is 11.3 Å². The first-order valence-electron chi connectivity index (χ1n) is 7.26. The average Bonchev–Trinajstić information content (AvgIpc) is 2.94. The van der Waals surface area contributed by atoms with Crippen LogP contribution in [-0.4, -0.2) is 24.0 Å². The molecule has 0 saturated heterocycles. The van der Waals surface area contributed by atoms with E-state index in [1.807, 2.05) is 25.3 Å². The van der Waals surface area contributed by atoms with Gasteiger partial charge in [-0.05, 0) is 30.5 Å². The minimum Gasteiger partial charge on any atom is -0.495 e.